The van der Waals surface area contributed by atoms with Crippen LogP contribution < -0.4 is 5.73 Å². The molecule has 0 aliphatic carbocycles. The number of carbonyl (C=O) groups excluding carboxylic acids is 1. The number of pyridine rings is 1. The molecule has 0 bridgehead atoms. The standard InChI is InChI=1S/C15H24N2O2/c1-4-6-15(11-16,14(18)19-5-2)8-13-7-12(3)9-17-10-13/h7,9-10H,4-6,8,11,16H2,1-3H3. The molecule has 1 rings (SSSR count). The van der Waals surface area contributed by atoms with E-state index in [1.807, 2.05) is 19.9 Å². The van der Waals surface area contributed by atoms with Crippen molar-refractivity contribution in [2.45, 2.75) is 40.0 Å². The van der Waals surface area contributed by atoms with E-state index in [0.717, 1.165) is 24.0 Å². The van der Waals surface area contributed by atoms with E-state index < -0.39 is 5.41 Å². The lowest BCUT2D eigenvalue weighted by Gasteiger charge is -2.29. The maximum Gasteiger partial charge on any atom is 0.313 e. The monoisotopic (exact) mass is 264 g/mol. The van der Waals surface area contributed by atoms with Crippen molar-refractivity contribution in [2.75, 3.05) is 13.2 Å². The Balaban J connectivity index is 2.99. The van der Waals surface area contributed by atoms with Crippen LogP contribution in [0.15, 0.2) is 18.5 Å². The van der Waals surface area contributed by atoms with E-state index in [4.69, 9.17) is 10.5 Å². The normalized spacial score (nSPS) is 13.9. The number of hydrogen-bond acceptors (Lipinski definition) is 4. The summed E-state index contributed by atoms with van der Waals surface area (Å²) < 4.78 is 5.21. The van der Waals surface area contributed by atoms with Gasteiger partial charge in [-0.1, -0.05) is 19.4 Å². The summed E-state index contributed by atoms with van der Waals surface area (Å²) in [6, 6.07) is 2.05. The molecule has 1 aromatic heterocycles. The number of rotatable bonds is 7. The Kier molecular flexibility index (Phi) is 5.96. The van der Waals surface area contributed by atoms with Crippen LogP contribution in [-0.2, 0) is 16.0 Å². The van der Waals surface area contributed by atoms with Crippen LogP contribution in [-0.4, -0.2) is 24.1 Å². The molecular weight excluding hydrogens is 240 g/mol. The molecule has 4 nitrogen and oxygen atoms in total. The number of hydrogen-bond donors (Lipinski definition) is 1. The van der Waals surface area contributed by atoms with Gasteiger partial charge < -0.3 is 10.5 Å². The highest BCUT2D eigenvalue weighted by Crippen LogP contribution is 2.29. The van der Waals surface area contributed by atoms with Gasteiger partial charge in [-0.3, -0.25) is 9.78 Å². The molecule has 1 atom stereocenters. The van der Waals surface area contributed by atoms with E-state index in [2.05, 4.69) is 11.9 Å². The minimum absolute atomic E-state index is 0.194. The maximum atomic E-state index is 12.3. The lowest BCUT2D eigenvalue weighted by molar-refractivity contribution is -0.155. The molecule has 1 unspecified atom stereocenters. The molecule has 0 saturated heterocycles. The molecule has 2 N–H and O–H groups in total. The second-order valence-corrected chi connectivity index (χ2v) is 5.00. The smallest absolute Gasteiger partial charge is 0.313 e. The van der Waals surface area contributed by atoms with Crippen LogP contribution in [0, 0.1) is 12.3 Å². The second kappa shape index (κ2) is 7.24. The zero-order chi connectivity index (χ0) is 14.3. The van der Waals surface area contributed by atoms with Crippen molar-refractivity contribution in [3.8, 4) is 0 Å². The lowest BCUT2D eigenvalue weighted by Crippen LogP contribution is -2.42. The highest BCUT2D eigenvalue weighted by Gasteiger charge is 2.38. The predicted molar refractivity (Wildman–Crippen MR) is 75.7 cm³/mol. The molecule has 19 heavy (non-hydrogen) atoms. The Hall–Kier alpha value is -1.42. The van der Waals surface area contributed by atoms with Crippen LogP contribution in [0.2, 0.25) is 0 Å². The molecule has 1 aromatic rings. The van der Waals surface area contributed by atoms with E-state index in [1.54, 1.807) is 12.4 Å². The van der Waals surface area contributed by atoms with Gasteiger partial charge in [-0.25, -0.2) is 0 Å². The first-order chi connectivity index (χ1) is 9.07. The van der Waals surface area contributed by atoms with Crippen molar-refractivity contribution in [3.63, 3.8) is 0 Å². The number of nitrogens with zero attached hydrogens (tertiary/aromatic N) is 1. The Morgan fingerprint density at radius 1 is 1.42 bits per heavy atom. The fourth-order valence-corrected chi connectivity index (χ4v) is 2.39. The first-order valence-corrected chi connectivity index (χ1v) is 6.85. The van der Waals surface area contributed by atoms with Crippen molar-refractivity contribution in [3.05, 3.63) is 29.6 Å². The summed E-state index contributed by atoms with van der Waals surface area (Å²) in [5, 5.41) is 0. The average molecular weight is 264 g/mol. The number of aryl methyl sites for hydroxylation is 1. The molecule has 0 aliphatic heterocycles. The minimum atomic E-state index is -0.625. The fraction of sp³-hybridized carbons (Fsp3) is 0.600. The van der Waals surface area contributed by atoms with Gasteiger partial charge in [0.1, 0.15) is 0 Å². The summed E-state index contributed by atoms with van der Waals surface area (Å²) in [5.74, 6) is -0.194. The van der Waals surface area contributed by atoms with E-state index in [-0.39, 0.29) is 5.97 Å². The zero-order valence-electron chi connectivity index (χ0n) is 12.1. The molecule has 4 heteroatoms. The predicted octanol–water partition coefficient (Wildman–Crippen LogP) is 2.24. The highest BCUT2D eigenvalue weighted by atomic mass is 16.5. The molecule has 0 fully saturated rings. The summed E-state index contributed by atoms with van der Waals surface area (Å²) >= 11 is 0. The van der Waals surface area contributed by atoms with E-state index in [1.165, 1.54) is 0 Å². The summed E-state index contributed by atoms with van der Waals surface area (Å²) in [6.45, 7) is 6.55. The van der Waals surface area contributed by atoms with Crippen LogP contribution in [0.4, 0.5) is 0 Å². The third-order valence-corrected chi connectivity index (χ3v) is 3.30. The van der Waals surface area contributed by atoms with Gasteiger partial charge in [0, 0.05) is 18.9 Å². The van der Waals surface area contributed by atoms with Gasteiger partial charge in [0.05, 0.1) is 12.0 Å². The molecule has 0 spiro atoms. The topological polar surface area (TPSA) is 65.2 Å². The maximum absolute atomic E-state index is 12.3. The molecule has 106 valence electrons. The third kappa shape index (κ3) is 4.03. The van der Waals surface area contributed by atoms with Gasteiger partial charge in [-0.2, -0.15) is 0 Å². The number of ether oxygens (including phenoxy) is 1. The average Bonchev–Trinajstić information content (AvgIpc) is 2.38. The Labute approximate surface area is 115 Å². The second-order valence-electron chi connectivity index (χ2n) is 5.00. The number of carbonyl (C=O) groups is 1. The summed E-state index contributed by atoms with van der Waals surface area (Å²) in [5.41, 5.74) is 7.39. The van der Waals surface area contributed by atoms with Gasteiger partial charge in [0.15, 0.2) is 0 Å². The molecule has 1 heterocycles. The fourth-order valence-electron chi connectivity index (χ4n) is 2.39. The molecule has 0 aliphatic rings. The van der Waals surface area contributed by atoms with Gasteiger partial charge >= 0.3 is 5.97 Å². The molecule has 0 amide bonds. The van der Waals surface area contributed by atoms with Crippen LogP contribution >= 0.6 is 0 Å². The van der Waals surface area contributed by atoms with Crippen LogP contribution in [0.5, 0.6) is 0 Å². The quantitative estimate of drug-likeness (QED) is 0.767. The number of esters is 1. The first kappa shape index (κ1) is 15.6. The SMILES string of the molecule is CCCC(CN)(Cc1cncc(C)c1)C(=O)OCC. The lowest BCUT2D eigenvalue weighted by atomic mass is 9.78. The van der Waals surface area contributed by atoms with Crippen LogP contribution in [0.3, 0.4) is 0 Å². The van der Waals surface area contributed by atoms with Gasteiger partial charge in [0.2, 0.25) is 0 Å². The third-order valence-electron chi connectivity index (χ3n) is 3.30. The number of aromatic nitrogens is 1. The van der Waals surface area contributed by atoms with Crippen LogP contribution in [0.1, 0.15) is 37.8 Å². The van der Waals surface area contributed by atoms with Crippen molar-refractivity contribution in [2.24, 2.45) is 11.1 Å². The minimum Gasteiger partial charge on any atom is -0.466 e. The van der Waals surface area contributed by atoms with Crippen molar-refractivity contribution in [1.82, 2.24) is 4.98 Å². The van der Waals surface area contributed by atoms with Crippen molar-refractivity contribution in [1.29, 1.82) is 0 Å². The van der Waals surface area contributed by atoms with E-state index in [0.29, 0.717) is 19.6 Å². The molecule has 0 saturated carbocycles. The summed E-state index contributed by atoms with van der Waals surface area (Å²) in [4.78, 5) is 16.4. The van der Waals surface area contributed by atoms with E-state index >= 15 is 0 Å². The first-order valence-electron chi connectivity index (χ1n) is 6.85. The molecule has 0 aromatic carbocycles. The van der Waals surface area contributed by atoms with Gasteiger partial charge in [0.25, 0.3) is 0 Å². The summed E-state index contributed by atoms with van der Waals surface area (Å²) in [6.07, 6.45) is 5.82. The van der Waals surface area contributed by atoms with Crippen molar-refractivity contribution < 1.29 is 9.53 Å². The molecular formula is C15H24N2O2. The van der Waals surface area contributed by atoms with Gasteiger partial charge in [-0.05, 0) is 37.8 Å². The zero-order valence-corrected chi connectivity index (χ0v) is 12.1. The van der Waals surface area contributed by atoms with Gasteiger partial charge in [-0.15, -0.1) is 0 Å². The largest absolute Gasteiger partial charge is 0.466 e. The number of nitrogens with two attached hydrogens (primary N) is 1. The Bertz CT molecular complexity index is 420. The summed E-state index contributed by atoms with van der Waals surface area (Å²) in [7, 11) is 0. The Morgan fingerprint density at radius 3 is 2.68 bits per heavy atom. The molecule has 0 radical (unpaired) electrons. The highest BCUT2D eigenvalue weighted by molar-refractivity contribution is 5.77. The van der Waals surface area contributed by atoms with Crippen LogP contribution in [0.25, 0.3) is 0 Å². The van der Waals surface area contributed by atoms with E-state index in [9.17, 15) is 4.79 Å². The van der Waals surface area contributed by atoms with Crippen molar-refractivity contribution >= 4 is 5.97 Å². The Morgan fingerprint density at radius 2 is 2.16 bits per heavy atom.